The van der Waals surface area contributed by atoms with Gasteiger partial charge in [0.05, 0.1) is 24.9 Å². The maximum Gasteiger partial charge on any atom is 0.224 e. The number of methoxy groups -OCH3 is 1. The Bertz CT molecular complexity index is 897. The van der Waals surface area contributed by atoms with Gasteiger partial charge in [0.1, 0.15) is 11.4 Å². The third kappa shape index (κ3) is 4.50. The molecular weight excluding hydrogens is 386 g/mol. The Labute approximate surface area is 176 Å². The summed E-state index contributed by atoms with van der Waals surface area (Å²) in [5.41, 5.74) is 1.28. The van der Waals surface area contributed by atoms with E-state index in [1.54, 1.807) is 13.3 Å². The third-order valence-corrected chi connectivity index (χ3v) is 5.55. The van der Waals surface area contributed by atoms with Crippen LogP contribution >= 0.6 is 0 Å². The van der Waals surface area contributed by atoms with Gasteiger partial charge in [-0.1, -0.05) is 6.07 Å². The second-order valence-corrected chi connectivity index (χ2v) is 8.43. The van der Waals surface area contributed by atoms with Gasteiger partial charge in [0, 0.05) is 56.5 Å². The summed E-state index contributed by atoms with van der Waals surface area (Å²) in [5.74, 6) is 0.133. The predicted molar refractivity (Wildman–Crippen MR) is 112 cm³/mol. The van der Waals surface area contributed by atoms with E-state index in [-0.39, 0.29) is 5.91 Å². The first-order chi connectivity index (χ1) is 14.4. The number of pyridine rings is 1. The average molecular weight is 415 g/mol. The molecule has 1 N–H and O–H groups in total. The van der Waals surface area contributed by atoms with Gasteiger partial charge in [0.25, 0.3) is 0 Å². The van der Waals surface area contributed by atoms with Gasteiger partial charge in [-0.15, -0.1) is 0 Å². The van der Waals surface area contributed by atoms with Crippen molar-refractivity contribution in [2.45, 2.75) is 44.5 Å². The summed E-state index contributed by atoms with van der Waals surface area (Å²) in [4.78, 5) is 30.0. The molecule has 2 aromatic rings. The number of hydrogen-bond acceptors (Lipinski definition) is 7. The molecule has 2 aliphatic heterocycles. The van der Waals surface area contributed by atoms with Crippen molar-refractivity contribution in [1.29, 1.82) is 0 Å². The number of likely N-dealkylation sites (tertiary alicyclic amines) is 1. The topological polar surface area (TPSA) is 82.2 Å². The molecule has 0 bridgehead atoms. The lowest BCUT2D eigenvalue weighted by atomic mass is 10.0. The van der Waals surface area contributed by atoms with Crippen molar-refractivity contribution in [3.05, 3.63) is 30.5 Å². The van der Waals surface area contributed by atoms with E-state index >= 15 is 0 Å². The fourth-order valence-electron chi connectivity index (χ4n) is 3.75. The zero-order chi connectivity index (χ0) is 21.2. The summed E-state index contributed by atoms with van der Waals surface area (Å²) in [6.45, 7) is 6.02. The molecule has 0 atom stereocenters. The van der Waals surface area contributed by atoms with Crippen LogP contribution in [-0.4, -0.2) is 60.5 Å². The largest absolute Gasteiger partial charge is 0.497 e. The van der Waals surface area contributed by atoms with Gasteiger partial charge in [-0.05, 0) is 26.0 Å². The Morgan fingerprint density at radius 2 is 2.07 bits per heavy atom. The minimum atomic E-state index is -0.726. The number of carbonyl (C=O) groups excluding carboxylic acids is 1. The van der Waals surface area contributed by atoms with Crippen molar-refractivity contribution in [3.8, 4) is 5.75 Å². The van der Waals surface area contributed by atoms with Crippen molar-refractivity contribution in [2.75, 3.05) is 38.7 Å². The minimum Gasteiger partial charge on any atom is -0.497 e. The maximum absolute atomic E-state index is 12.7. The van der Waals surface area contributed by atoms with Crippen LogP contribution in [0.1, 0.15) is 33.1 Å². The van der Waals surface area contributed by atoms with Crippen molar-refractivity contribution < 1.29 is 24.0 Å². The summed E-state index contributed by atoms with van der Waals surface area (Å²) in [6.07, 6.45) is 3.36. The van der Waals surface area contributed by atoms with Crippen molar-refractivity contribution in [1.82, 2.24) is 9.88 Å². The molecule has 1 aromatic heterocycles. The van der Waals surface area contributed by atoms with E-state index in [4.69, 9.17) is 19.2 Å². The smallest absolute Gasteiger partial charge is 0.224 e. The average Bonchev–Trinajstić information content (AvgIpc) is 2.76. The monoisotopic (exact) mass is 415 g/mol. The molecular formula is C22H29N3O5. The highest BCUT2D eigenvalue weighted by Gasteiger charge is 2.45. The highest BCUT2D eigenvalue weighted by Crippen LogP contribution is 2.35. The van der Waals surface area contributed by atoms with Crippen LogP contribution in [0.3, 0.4) is 0 Å². The molecule has 8 heteroatoms. The van der Waals surface area contributed by atoms with E-state index in [1.165, 1.54) is 0 Å². The second-order valence-electron chi connectivity index (χ2n) is 8.43. The van der Waals surface area contributed by atoms with Gasteiger partial charge in [-0.25, -0.2) is 9.78 Å². The van der Waals surface area contributed by atoms with Gasteiger partial charge in [0.15, 0.2) is 0 Å². The lowest BCUT2D eigenvalue weighted by molar-refractivity contribution is -0.511. The van der Waals surface area contributed by atoms with Crippen molar-refractivity contribution >= 4 is 22.5 Å². The number of nitrogens with zero attached hydrogens (tertiary/aromatic N) is 2. The summed E-state index contributed by atoms with van der Waals surface area (Å²) in [7, 11) is 1.64. The molecule has 0 saturated carbocycles. The van der Waals surface area contributed by atoms with Crippen LogP contribution < -0.4 is 10.1 Å². The number of piperidine rings is 1. The molecule has 3 heterocycles. The standard InChI is InChI=1S/C22H29N3O5/c1-21(2)15-28-22(30-29-21)7-11-25(12-8-22)19(26)6-10-23-18-14-17(27-3)13-16-5-4-9-24-20(16)18/h4-5,9,13-14,23H,6-8,10-12,15H2,1-3H3. The van der Waals surface area contributed by atoms with E-state index in [0.29, 0.717) is 45.5 Å². The number of ether oxygens (including phenoxy) is 2. The molecule has 4 rings (SSSR count). The van der Waals surface area contributed by atoms with Crippen LogP contribution in [0.15, 0.2) is 30.5 Å². The summed E-state index contributed by atoms with van der Waals surface area (Å²) >= 11 is 0. The van der Waals surface area contributed by atoms with Crippen LogP contribution in [0.5, 0.6) is 5.75 Å². The molecule has 0 radical (unpaired) electrons. The molecule has 1 aromatic carbocycles. The Hall–Kier alpha value is -2.42. The molecule has 30 heavy (non-hydrogen) atoms. The zero-order valence-electron chi connectivity index (χ0n) is 17.8. The lowest BCUT2D eigenvalue weighted by Crippen LogP contribution is -2.55. The molecule has 162 valence electrons. The van der Waals surface area contributed by atoms with Crippen molar-refractivity contribution in [2.24, 2.45) is 0 Å². The number of carbonyl (C=O) groups is 1. The SMILES string of the molecule is COc1cc(NCCC(=O)N2CCC3(CC2)OCC(C)(C)OO3)c2ncccc2c1. The van der Waals surface area contributed by atoms with Crippen LogP contribution in [0.4, 0.5) is 5.69 Å². The highest BCUT2D eigenvalue weighted by atomic mass is 17.2. The molecule has 2 fully saturated rings. The second kappa shape index (κ2) is 8.37. The number of benzene rings is 1. The predicted octanol–water partition coefficient (Wildman–Crippen LogP) is 3.12. The Kier molecular flexibility index (Phi) is 5.81. The molecule has 1 spiro atoms. The summed E-state index contributed by atoms with van der Waals surface area (Å²) < 4.78 is 11.3. The number of aromatic nitrogens is 1. The zero-order valence-corrected chi connectivity index (χ0v) is 17.8. The fraction of sp³-hybridized carbons (Fsp3) is 0.545. The quantitative estimate of drug-likeness (QED) is 0.752. The molecule has 8 nitrogen and oxygen atoms in total. The Morgan fingerprint density at radius 3 is 2.77 bits per heavy atom. The molecule has 1 amide bonds. The maximum atomic E-state index is 12.7. The fourth-order valence-corrected chi connectivity index (χ4v) is 3.75. The van der Waals surface area contributed by atoms with Crippen LogP contribution in [-0.2, 0) is 19.3 Å². The van der Waals surface area contributed by atoms with Crippen molar-refractivity contribution in [3.63, 3.8) is 0 Å². The van der Waals surface area contributed by atoms with Gasteiger partial charge in [0.2, 0.25) is 11.7 Å². The highest BCUT2D eigenvalue weighted by molar-refractivity contribution is 5.92. The first-order valence-electron chi connectivity index (χ1n) is 10.3. The third-order valence-electron chi connectivity index (χ3n) is 5.55. The summed E-state index contributed by atoms with van der Waals surface area (Å²) in [5, 5.41) is 4.33. The molecule has 2 aliphatic rings. The van der Waals surface area contributed by atoms with E-state index < -0.39 is 11.4 Å². The number of hydrogen-bond donors (Lipinski definition) is 1. The van der Waals surface area contributed by atoms with Crippen LogP contribution in [0.25, 0.3) is 10.9 Å². The van der Waals surface area contributed by atoms with E-state index in [1.807, 2.05) is 43.0 Å². The first-order valence-corrected chi connectivity index (χ1v) is 10.3. The van der Waals surface area contributed by atoms with Gasteiger partial charge >= 0.3 is 0 Å². The number of rotatable bonds is 5. The Morgan fingerprint density at radius 1 is 1.27 bits per heavy atom. The van der Waals surface area contributed by atoms with Crippen LogP contribution in [0.2, 0.25) is 0 Å². The first kappa shape index (κ1) is 20.8. The number of fused-ring (bicyclic) bond motifs is 1. The summed E-state index contributed by atoms with van der Waals surface area (Å²) in [6, 6.07) is 7.74. The Balaban J connectivity index is 1.30. The lowest BCUT2D eigenvalue weighted by Gasteiger charge is -2.45. The molecule has 0 aliphatic carbocycles. The number of anilines is 1. The molecule has 0 unspecified atom stereocenters. The van der Waals surface area contributed by atoms with Gasteiger partial charge in [-0.3, -0.25) is 9.78 Å². The van der Waals surface area contributed by atoms with Gasteiger partial charge in [-0.2, -0.15) is 0 Å². The number of nitrogens with one attached hydrogen (secondary N) is 1. The molecule has 2 saturated heterocycles. The minimum absolute atomic E-state index is 0.106. The van der Waals surface area contributed by atoms with E-state index in [0.717, 1.165) is 22.3 Å². The van der Waals surface area contributed by atoms with Gasteiger partial charge < -0.3 is 19.7 Å². The van der Waals surface area contributed by atoms with Crippen LogP contribution in [0, 0.1) is 0 Å². The normalized spacial score (nSPS) is 20.3. The van der Waals surface area contributed by atoms with E-state index in [2.05, 4.69) is 10.3 Å². The number of amides is 1. The van der Waals surface area contributed by atoms with E-state index in [9.17, 15) is 4.79 Å².